The van der Waals surface area contributed by atoms with Gasteiger partial charge in [0.2, 0.25) is 5.91 Å². The first-order valence-electron chi connectivity index (χ1n) is 12.3. The number of hydrogen-bond donors (Lipinski definition) is 2. The number of nitrogens with zero attached hydrogens (tertiary/aromatic N) is 2. The van der Waals surface area contributed by atoms with Crippen molar-refractivity contribution in [2.45, 2.75) is 37.4 Å². The summed E-state index contributed by atoms with van der Waals surface area (Å²) in [4.78, 5) is 30.4. The molecule has 38 heavy (non-hydrogen) atoms. The predicted octanol–water partition coefficient (Wildman–Crippen LogP) is 4.59. The third-order valence-electron chi connectivity index (χ3n) is 6.88. The molecule has 2 fully saturated rings. The molecule has 0 spiro atoms. The molecule has 3 heterocycles. The largest absolute Gasteiger partial charge is 0.495 e. The molecular weight excluding hydrogens is 531 g/mol. The molecule has 2 aromatic heterocycles. The van der Waals surface area contributed by atoms with Crippen LogP contribution in [-0.2, 0) is 9.53 Å². The van der Waals surface area contributed by atoms with Gasteiger partial charge in [0.25, 0.3) is 5.56 Å². The van der Waals surface area contributed by atoms with Crippen LogP contribution in [0.4, 0.5) is 5.82 Å². The highest BCUT2D eigenvalue weighted by atomic mass is 35.5. The van der Waals surface area contributed by atoms with Gasteiger partial charge in [-0.15, -0.1) is 0 Å². The highest BCUT2D eigenvalue weighted by molar-refractivity contribution is 6.41. The third-order valence-corrected chi connectivity index (χ3v) is 7.63. The van der Waals surface area contributed by atoms with Gasteiger partial charge < -0.3 is 29.4 Å². The molecule has 0 unspecified atom stereocenters. The van der Waals surface area contributed by atoms with Gasteiger partial charge in [0.05, 0.1) is 54.0 Å². The van der Waals surface area contributed by atoms with Crippen LogP contribution < -0.4 is 25.7 Å². The van der Waals surface area contributed by atoms with Gasteiger partial charge in [-0.05, 0) is 31.4 Å². The zero-order valence-electron chi connectivity index (χ0n) is 21.1. The first-order valence-corrected chi connectivity index (χ1v) is 13.0. The second-order valence-electron chi connectivity index (χ2n) is 9.31. The van der Waals surface area contributed by atoms with Gasteiger partial charge in [-0.2, -0.15) is 0 Å². The Morgan fingerprint density at radius 3 is 2.47 bits per heavy atom. The highest BCUT2D eigenvalue weighted by Crippen LogP contribution is 2.46. The van der Waals surface area contributed by atoms with E-state index in [1.165, 1.54) is 20.3 Å². The molecule has 1 saturated heterocycles. The number of halogens is 2. The molecule has 200 valence electrons. The number of rotatable bonds is 8. The number of methoxy groups -OCH3 is 2. The topological polar surface area (TPSA) is 104 Å². The fourth-order valence-electron chi connectivity index (χ4n) is 4.79. The Hall–Kier alpha value is -3.27. The zero-order chi connectivity index (χ0) is 27.0. The lowest BCUT2D eigenvalue weighted by Gasteiger charge is -2.32. The normalized spacial score (nSPS) is 19.2. The summed E-state index contributed by atoms with van der Waals surface area (Å²) in [6, 6.07) is 4.91. The van der Waals surface area contributed by atoms with Crippen LogP contribution in [0.2, 0.25) is 10.0 Å². The third kappa shape index (κ3) is 4.93. The molecule has 1 aliphatic heterocycles. The number of carbonyl (C=O) groups excluding carboxylic acids is 1. The van der Waals surface area contributed by atoms with Crippen LogP contribution in [-0.4, -0.2) is 55.0 Å². The Morgan fingerprint density at radius 2 is 1.84 bits per heavy atom. The second kappa shape index (κ2) is 10.8. The number of amides is 1. The Bertz CT molecular complexity index is 1440. The van der Waals surface area contributed by atoms with E-state index in [-0.39, 0.29) is 39.6 Å². The number of ether oxygens (including phenoxy) is 3. The molecule has 2 aliphatic rings. The van der Waals surface area contributed by atoms with Gasteiger partial charge in [0.15, 0.2) is 0 Å². The van der Waals surface area contributed by atoms with Crippen molar-refractivity contribution < 1.29 is 19.0 Å². The van der Waals surface area contributed by atoms with Gasteiger partial charge in [0.1, 0.15) is 17.3 Å². The van der Waals surface area contributed by atoms with Crippen LogP contribution in [0.5, 0.6) is 11.5 Å². The number of carbonyl (C=O) groups is 1. The summed E-state index contributed by atoms with van der Waals surface area (Å²) in [5.74, 6) is 1.04. The lowest BCUT2D eigenvalue weighted by atomic mass is 10.0. The minimum absolute atomic E-state index is 0.0582. The molecule has 1 amide bonds. The lowest BCUT2D eigenvalue weighted by Crippen LogP contribution is -2.52. The molecule has 0 bridgehead atoms. The molecule has 0 radical (unpaired) electrons. The zero-order valence-corrected chi connectivity index (χ0v) is 22.6. The Labute approximate surface area is 229 Å². The summed E-state index contributed by atoms with van der Waals surface area (Å²) >= 11 is 13.3. The molecule has 9 nitrogen and oxygen atoms in total. The summed E-state index contributed by atoms with van der Waals surface area (Å²) in [5.41, 5.74) is 1.22. The maximum atomic E-state index is 13.9. The van der Waals surface area contributed by atoms with Gasteiger partial charge in [-0.25, -0.2) is 4.98 Å². The molecule has 1 aliphatic carbocycles. The summed E-state index contributed by atoms with van der Waals surface area (Å²) in [5, 5.41) is 7.54. The number of fused-ring (bicyclic) bond motifs is 1. The van der Waals surface area contributed by atoms with E-state index >= 15 is 0 Å². The SMILES string of the molecule is C=CC(=O)N[C@H]1CCOC[C@H]1Nc1cc2c(cn1)cc(-c1c(Cl)c(OC)cc(OC)c1Cl)c(=O)n2C1CC1. The molecule has 1 saturated carbocycles. The number of hydrogen-bond acceptors (Lipinski definition) is 7. The fraction of sp³-hybridized carbons (Fsp3) is 0.370. The van der Waals surface area contributed by atoms with Crippen LogP contribution in [0.3, 0.4) is 0 Å². The molecule has 2 atom stereocenters. The Kier molecular flexibility index (Phi) is 7.52. The summed E-state index contributed by atoms with van der Waals surface area (Å²) in [6.07, 6.45) is 5.40. The first kappa shape index (κ1) is 26.3. The van der Waals surface area contributed by atoms with Crippen molar-refractivity contribution in [2.24, 2.45) is 0 Å². The van der Waals surface area contributed by atoms with E-state index in [0.29, 0.717) is 48.1 Å². The predicted molar refractivity (Wildman–Crippen MR) is 148 cm³/mol. The van der Waals surface area contributed by atoms with Gasteiger partial charge in [0, 0.05) is 41.9 Å². The van der Waals surface area contributed by atoms with E-state index in [0.717, 1.165) is 23.7 Å². The molecule has 3 aromatic rings. The van der Waals surface area contributed by atoms with Crippen LogP contribution >= 0.6 is 23.2 Å². The molecular formula is C27H28Cl2N4O5. The van der Waals surface area contributed by atoms with Crippen molar-refractivity contribution in [1.29, 1.82) is 0 Å². The van der Waals surface area contributed by atoms with Crippen LogP contribution in [0.25, 0.3) is 22.0 Å². The van der Waals surface area contributed by atoms with Crippen LogP contribution in [0, 0.1) is 0 Å². The molecule has 11 heteroatoms. The van der Waals surface area contributed by atoms with Crippen molar-refractivity contribution in [3.8, 4) is 22.6 Å². The molecule has 1 aromatic carbocycles. The number of anilines is 1. The summed E-state index contributed by atoms with van der Waals surface area (Å²) in [6.45, 7) is 4.49. The average Bonchev–Trinajstić information content (AvgIpc) is 3.75. The Morgan fingerprint density at radius 1 is 1.13 bits per heavy atom. The molecule has 5 rings (SSSR count). The van der Waals surface area contributed by atoms with Crippen LogP contribution in [0.1, 0.15) is 25.3 Å². The number of aromatic nitrogens is 2. The van der Waals surface area contributed by atoms with Crippen molar-refractivity contribution in [1.82, 2.24) is 14.9 Å². The quantitative estimate of drug-likeness (QED) is 0.389. The standard InChI is InChI=1S/C27H28Cl2N4O5/c1-4-23(34)32-17-7-8-38-13-18(17)31-22-10-19-14(12-30-22)9-16(27(35)33(19)15-5-6-15)24-25(28)20(36-2)11-21(37-3)26(24)29/h4,9-12,15,17-18H,1,5-8,13H2,2-3H3,(H,30,31)(H,32,34)/t17-,18+/m0/s1. The van der Waals surface area contributed by atoms with Crippen molar-refractivity contribution >= 4 is 45.8 Å². The van der Waals surface area contributed by atoms with E-state index in [9.17, 15) is 9.59 Å². The van der Waals surface area contributed by atoms with E-state index in [4.69, 9.17) is 37.4 Å². The minimum atomic E-state index is -0.239. The number of benzene rings is 1. The monoisotopic (exact) mass is 558 g/mol. The summed E-state index contributed by atoms with van der Waals surface area (Å²) in [7, 11) is 2.98. The van der Waals surface area contributed by atoms with Crippen LogP contribution in [0.15, 0.2) is 41.8 Å². The smallest absolute Gasteiger partial charge is 0.259 e. The van der Waals surface area contributed by atoms with Crippen molar-refractivity contribution in [3.05, 3.63) is 57.4 Å². The fourth-order valence-corrected chi connectivity index (χ4v) is 5.50. The maximum absolute atomic E-state index is 13.9. The van der Waals surface area contributed by atoms with Gasteiger partial charge in [-0.3, -0.25) is 9.59 Å². The van der Waals surface area contributed by atoms with Gasteiger partial charge >= 0.3 is 0 Å². The summed E-state index contributed by atoms with van der Waals surface area (Å²) < 4.78 is 18.2. The number of pyridine rings is 2. The Balaban J connectivity index is 1.59. The number of nitrogens with one attached hydrogen (secondary N) is 2. The average molecular weight is 559 g/mol. The van der Waals surface area contributed by atoms with E-state index in [1.54, 1.807) is 22.9 Å². The van der Waals surface area contributed by atoms with Crippen molar-refractivity contribution in [2.75, 3.05) is 32.8 Å². The van der Waals surface area contributed by atoms with E-state index < -0.39 is 0 Å². The lowest BCUT2D eigenvalue weighted by molar-refractivity contribution is -0.117. The highest BCUT2D eigenvalue weighted by Gasteiger charge is 2.31. The van der Waals surface area contributed by atoms with E-state index in [2.05, 4.69) is 22.2 Å². The minimum Gasteiger partial charge on any atom is -0.495 e. The first-order chi connectivity index (χ1) is 18.4. The second-order valence-corrected chi connectivity index (χ2v) is 10.1. The van der Waals surface area contributed by atoms with E-state index in [1.807, 2.05) is 6.07 Å². The van der Waals surface area contributed by atoms with Gasteiger partial charge in [-0.1, -0.05) is 29.8 Å². The molecule has 2 N–H and O–H groups in total. The van der Waals surface area contributed by atoms with Crippen molar-refractivity contribution in [3.63, 3.8) is 0 Å². The maximum Gasteiger partial charge on any atom is 0.259 e.